The van der Waals surface area contributed by atoms with Crippen LogP contribution in [0.25, 0.3) is 0 Å². The fourth-order valence-electron chi connectivity index (χ4n) is 4.54. The molecule has 2 aromatic carbocycles. The Bertz CT molecular complexity index is 979. The Hall–Kier alpha value is -1.12. The third-order valence-corrected chi connectivity index (χ3v) is 23.2. The second kappa shape index (κ2) is 8.94. The van der Waals surface area contributed by atoms with Gasteiger partial charge in [-0.3, -0.25) is 0 Å². The van der Waals surface area contributed by atoms with Gasteiger partial charge in [0, 0.05) is 0 Å². The molecule has 0 amide bonds. The van der Waals surface area contributed by atoms with Crippen molar-refractivity contribution in [2.24, 2.45) is 0 Å². The van der Waals surface area contributed by atoms with Crippen LogP contribution in [0.1, 0.15) is 13.3 Å². The quantitative estimate of drug-likeness (QED) is 0.539. The van der Waals surface area contributed by atoms with Crippen LogP contribution in [0.4, 0.5) is 5.69 Å². The number of hydrogen-bond donors (Lipinski definition) is 2. The zero-order valence-electron chi connectivity index (χ0n) is 17.0. The van der Waals surface area contributed by atoms with E-state index in [4.69, 9.17) is 0 Å². The van der Waals surface area contributed by atoms with E-state index in [9.17, 15) is 18.3 Å². The third kappa shape index (κ3) is 4.97. The van der Waals surface area contributed by atoms with Crippen LogP contribution in [0, 0.1) is 0 Å². The van der Waals surface area contributed by atoms with Gasteiger partial charge in [0.05, 0.1) is 0 Å². The van der Waals surface area contributed by atoms with Crippen molar-refractivity contribution in [1.82, 2.24) is 0 Å². The predicted octanol–water partition coefficient (Wildman–Crippen LogP) is 4.65. The molecule has 156 valence electrons. The summed E-state index contributed by atoms with van der Waals surface area (Å²) in [7, 11) is -5.14. The summed E-state index contributed by atoms with van der Waals surface area (Å²) >= 11 is -2.15. The van der Waals surface area contributed by atoms with Gasteiger partial charge in [-0.1, -0.05) is 0 Å². The minimum atomic E-state index is -3.71. The van der Waals surface area contributed by atoms with Gasteiger partial charge in [0.2, 0.25) is 0 Å². The normalized spacial score (nSPS) is 20.4. The van der Waals surface area contributed by atoms with E-state index in [2.05, 4.69) is 24.2 Å². The summed E-state index contributed by atoms with van der Waals surface area (Å²) in [5.41, 5.74) is 0.544. The number of rotatable bonds is 7. The standard InChI is InChI=1S/C19H25NO2S2.C2H3O2.In/c1-5-17(6-2)23(3,4)18-14-10-11-15-19(18)24(21,22)20-16-12-8-7-9-13-16;1-2(3)4;/h6-15,17,20H,1,5H2,2-4H3;1H2,(H,3,4);. The number of carboxylic acid groups (broad SMARTS) is 1. The van der Waals surface area contributed by atoms with Crippen molar-refractivity contribution in [2.75, 3.05) is 17.2 Å². The average Bonchev–Trinajstić information content (AvgIpc) is 3.03. The van der Waals surface area contributed by atoms with Gasteiger partial charge in [0.1, 0.15) is 0 Å². The Morgan fingerprint density at radius 1 is 1.07 bits per heavy atom. The summed E-state index contributed by atoms with van der Waals surface area (Å²) in [6.45, 7) is 2.22. The van der Waals surface area contributed by atoms with Gasteiger partial charge in [-0.25, -0.2) is 0 Å². The summed E-state index contributed by atoms with van der Waals surface area (Å²) in [5.74, 6) is -0.666. The fourth-order valence-corrected chi connectivity index (χ4v) is 24.3. The number of benzene rings is 2. The van der Waals surface area contributed by atoms with Crippen LogP contribution >= 0.6 is 10.0 Å². The van der Waals surface area contributed by atoms with E-state index < -0.39 is 47.5 Å². The van der Waals surface area contributed by atoms with Crippen molar-refractivity contribution in [1.29, 1.82) is 0 Å². The molecular formula is C21H28InNO4S2. The number of aliphatic carboxylic acids is 1. The third-order valence-electron chi connectivity index (χ3n) is 6.08. The minimum absolute atomic E-state index is 0.341. The Labute approximate surface area is 182 Å². The molecule has 0 saturated carbocycles. The monoisotopic (exact) mass is 537 g/mol. The first-order valence-electron chi connectivity index (χ1n) is 9.74. The molecule has 1 aliphatic rings. The zero-order valence-corrected chi connectivity index (χ0v) is 22.0. The van der Waals surface area contributed by atoms with E-state index in [-0.39, 0.29) is 0 Å². The maximum atomic E-state index is 13.2. The average molecular weight is 537 g/mol. The molecule has 0 radical (unpaired) electrons. The van der Waals surface area contributed by atoms with Gasteiger partial charge in [-0.05, 0) is 0 Å². The van der Waals surface area contributed by atoms with Crippen LogP contribution in [-0.4, -0.2) is 58.7 Å². The van der Waals surface area contributed by atoms with Crippen molar-refractivity contribution in [3.05, 3.63) is 54.6 Å². The van der Waals surface area contributed by atoms with E-state index in [1.54, 1.807) is 36.4 Å². The Morgan fingerprint density at radius 3 is 2.28 bits per heavy atom. The molecule has 1 fully saturated rings. The molecule has 8 heteroatoms. The molecule has 2 unspecified atom stereocenters. The number of carboxylic acids is 1. The molecule has 29 heavy (non-hydrogen) atoms. The fraction of sp³-hybridized carbons (Fsp3) is 0.381. The molecule has 1 aliphatic heterocycles. The van der Waals surface area contributed by atoms with Crippen LogP contribution in [-0.2, 0) is 14.8 Å². The van der Waals surface area contributed by atoms with Gasteiger partial charge in [-0.15, -0.1) is 0 Å². The molecule has 0 bridgehead atoms. The van der Waals surface area contributed by atoms with E-state index in [1.165, 1.54) is 0 Å². The second-order valence-corrected chi connectivity index (χ2v) is 23.8. The van der Waals surface area contributed by atoms with Crippen molar-refractivity contribution >= 4 is 53.1 Å². The summed E-state index contributed by atoms with van der Waals surface area (Å²) in [4.78, 5) is 12.5. The van der Waals surface area contributed by atoms with E-state index in [0.717, 1.165) is 15.5 Å². The summed E-state index contributed by atoms with van der Waals surface area (Å²) in [5, 5.41) is 9.65. The molecule has 1 heterocycles. The molecule has 2 atom stereocenters. The van der Waals surface area contributed by atoms with E-state index in [0.29, 0.717) is 23.7 Å². The zero-order chi connectivity index (χ0) is 21.2. The van der Waals surface area contributed by atoms with Gasteiger partial charge >= 0.3 is 184 Å². The molecular weight excluding hydrogens is 509 g/mol. The van der Waals surface area contributed by atoms with Crippen LogP contribution in [0.3, 0.4) is 0 Å². The van der Waals surface area contributed by atoms with Crippen molar-refractivity contribution in [3.8, 4) is 0 Å². The molecule has 2 aromatic rings. The summed E-state index contributed by atoms with van der Waals surface area (Å²) in [6, 6.07) is 16.2. The first kappa shape index (κ1) is 22.6. The molecule has 0 spiro atoms. The van der Waals surface area contributed by atoms with Crippen LogP contribution in [0.2, 0.25) is 12.0 Å². The molecule has 0 aromatic heterocycles. The SMILES string of the molecule is C[CH]1C(S(C)(C)c2ccccc2S(=O)(=O)Nc2ccccc2)C[CH2][In]1[CH2]C(=O)O. The predicted molar refractivity (Wildman–Crippen MR) is 122 cm³/mol. The number of hydrogen-bond acceptors (Lipinski definition) is 3. The van der Waals surface area contributed by atoms with Crippen LogP contribution < -0.4 is 4.72 Å². The van der Waals surface area contributed by atoms with Gasteiger partial charge in [0.25, 0.3) is 0 Å². The Kier molecular flexibility index (Phi) is 6.95. The summed E-state index contributed by atoms with van der Waals surface area (Å²) in [6.07, 6.45) is 5.41. The molecule has 3 rings (SSSR count). The first-order valence-corrected chi connectivity index (χ1v) is 20.3. The van der Waals surface area contributed by atoms with Crippen LogP contribution in [0.15, 0.2) is 64.4 Å². The number of para-hydroxylation sites is 1. The number of carbonyl (C=O) groups is 1. The topological polar surface area (TPSA) is 83.5 Å². The number of anilines is 1. The Morgan fingerprint density at radius 2 is 1.66 bits per heavy atom. The van der Waals surface area contributed by atoms with Crippen molar-refractivity contribution < 1.29 is 18.3 Å². The van der Waals surface area contributed by atoms with Crippen LogP contribution in [0.5, 0.6) is 0 Å². The van der Waals surface area contributed by atoms with Crippen molar-refractivity contribution in [3.63, 3.8) is 0 Å². The second-order valence-electron chi connectivity index (χ2n) is 8.16. The molecule has 1 saturated heterocycles. The first-order chi connectivity index (χ1) is 13.6. The number of sulfonamides is 1. The van der Waals surface area contributed by atoms with E-state index >= 15 is 0 Å². The van der Waals surface area contributed by atoms with Gasteiger partial charge in [-0.2, -0.15) is 0 Å². The van der Waals surface area contributed by atoms with Gasteiger partial charge in [0.15, 0.2) is 0 Å². The maximum absolute atomic E-state index is 13.2. The van der Waals surface area contributed by atoms with Crippen molar-refractivity contribution in [2.45, 2.75) is 40.4 Å². The molecule has 2 N–H and O–H groups in total. The Balaban J connectivity index is 1.94. The van der Waals surface area contributed by atoms with Gasteiger partial charge < -0.3 is 0 Å². The van der Waals surface area contributed by atoms with E-state index in [1.807, 2.05) is 18.2 Å². The summed E-state index contributed by atoms with van der Waals surface area (Å²) < 4.78 is 31.1. The number of nitrogens with one attached hydrogen (secondary N) is 1. The molecule has 5 nitrogen and oxygen atoms in total. The molecule has 0 aliphatic carbocycles.